The number of ether oxygens (including phenoxy) is 1. The highest BCUT2D eigenvalue weighted by Gasteiger charge is 2.65. The third-order valence-electron chi connectivity index (χ3n) is 10.7. The van der Waals surface area contributed by atoms with Gasteiger partial charge in [-0.2, -0.15) is 0 Å². The Labute approximate surface area is 242 Å². The molecule has 3 heterocycles. The van der Waals surface area contributed by atoms with Crippen LogP contribution in [0.1, 0.15) is 91.6 Å². The Bertz CT molecular complexity index is 1530. The van der Waals surface area contributed by atoms with Gasteiger partial charge in [0.2, 0.25) is 11.8 Å². The van der Waals surface area contributed by atoms with Gasteiger partial charge in [0.1, 0.15) is 5.75 Å². The summed E-state index contributed by atoms with van der Waals surface area (Å²) < 4.78 is 8.12. The molecule has 7 nitrogen and oxygen atoms in total. The van der Waals surface area contributed by atoms with E-state index in [4.69, 9.17) is 10.5 Å². The summed E-state index contributed by atoms with van der Waals surface area (Å²) in [7, 11) is 3.69. The van der Waals surface area contributed by atoms with E-state index in [0.717, 1.165) is 37.1 Å². The highest BCUT2D eigenvalue weighted by molar-refractivity contribution is 6.01. The maximum absolute atomic E-state index is 14.8. The molecule has 2 amide bonds. The predicted molar refractivity (Wildman–Crippen MR) is 161 cm³/mol. The second-order valence-corrected chi connectivity index (χ2v) is 13.0. The van der Waals surface area contributed by atoms with Crippen LogP contribution in [0.2, 0.25) is 0 Å². The fourth-order valence-electron chi connectivity index (χ4n) is 8.56. The van der Waals surface area contributed by atoms with Crippen molar-refractivity contribution in [1.29, 1.82) is 0 Å². The molecule has 2 saturated carbocycles. The summed E-state index contributed by atoms with van der Waals surface area (Å²) in [6, 6.07) is 12.8. The van der Waals surface area contributed by atoms with Crippen LogP contribution >= 0.6 is 0 Å². The van der Waals surface area contributed by atoms with Gasteiger partial charge in [0.15, 0.2) is 0 Å². The summed E-state index contributed by atoms with van der Waals surface area (Å²) in [5.74, 6) is 1.28. The molecule has 3 N–H and O–H groups in total. The van der Waals surface area contributed by atoms with E-state index in [1.807, 2.05) is 19.2 Å². The summed E-state index contributed by atoms with van der Waals surface area (Å²) >= 11 is 0. The smallest absolute Gasteiger partial charge is 0.248 e. The first-order valence-electron chi connectivity index (χ1n) is 15.5. The molecule has 7 rings (SSSR count). The minimum Gasteiger partial charge on any atom is -0.497 e. The van der Waals surface area contributed by atoms with Crippen molar-refractivity contribution in [3.8, 4) is 17.0 Å². The highest BCUT2D eigenvalue weighted by Crippen LogP contribution is 2.66. The molecule has 4 atom stereocenters. The predicted octanol–water partition coefficient (Wildman–Crippen LogP) is 5.55. The third-order valence-corrected chi connectivity index (χ3v) is 10.7. The van der Waals surface area contributed by atoms with Gasteiger partial charge in [-0.25, -0.2) is 0 Å². The number of likely N-dealkylation sites (tertiary alicyclic amines) is 1. The monoisotopic (exact) mass is 554 g/mol. The molecule has 41 heavy (non-hydrogen) atoms. The lowest BCUT2D eigenvalue weighted by Gasteiger charge is -2.33. The van der Waals surface area contributed by atoms with E-state index in [9.17, 15) is 9.59 Å². The Morgan fingerprint density at radius 3 is 2.61 bits per heavy atom. The zero-order chi connectivity index (χ0) is 28.5. The van der Waals surface area contributed by atoms with Crippen molar-refractivity contribution >= 4 is 22.7 Å². The van der Waals surface area contributed by atoms with Gasteiger partial charge in [-0.3, -0.25) is 9.59 Å². The minimum absolute atomic E-state index is 0.136. The van der Waals surface area contributed by atoms with E-state index in [-0.39, 0.29) is 23.9 Å². The third kappa shape index (κ3) is 4.03. The normalized spacial score (nSPS) is 27.2. The largest absolute Gasteiger partial charge is 0.497 e. The average molecular weight is 555 g/mol. The van der Waals surface area contributed by atoms with Crippen molar-refractivity contribution in [3.05, 3.63) is 53.1 Å². The van der Waals surface area contributed by atoms with Crippen LogP contribution in [-0.2, 0) is 11.3 Å². The maximum Gasteiger partial charge on any atom is 0.248 e. The number of hydrogen-bond acceptors (Lipinski definition) is 4. The molecule has 0 radical (unpaired) electrons. The summed E-state index contributed by atoms with van der Waals surface area (Å²) in [5, 5.41) is 4.52. The topological polar surface area (TPSA) is 89.6 Å². The molecule has 216 valence electrons. The SMILES string of the molecule is CNCC1CCC(C)N1C(=O)C12CC1c1cc(OC)ccc1-c1c(C3CCCCC3)c3ccc(C(N)=O)cc3n1C2. The molecule has 1 saturated heterocycles. The first kappa shape index (κ1) is 26.6. The van der Waals surface area contributed by atoms with Crippen LogP contribution in [-0.4, -0.2) is 54.1 Å². The number of nitrogens with zero attached hydrogens (tertiary/aromatic N) is 2. The van der Waals surface area contributed by atoms with Gasteiger partial charge in [-0.1, -0.05) is 25.3 Å². The minimum atomic E-state index is -0.518. The summed E-state index contributed by atoms with van der Waals surface area (Å²) in [6.07, 6.45) is 8.98. The fourth-order valence-corrected chi connectivity index (χ4v) is 8.56. The summed E-state index contributed by atoms with van der Waals surface area (Å²) in [5.41, 5.74) is 11.9. The molecular formula is C34H42N4O3. The molecular weight excluding hydrogens is 512 g/mol. The molecule has 0 bridgehead atoms. The zero-order valence-corrected chi connectivity index (χ0v) is 24.5. The number of nitrogens with two attached hydrogens (primary N) is 1. The number of rotatable bonds is 6. The second kappa shape index (κ2) is 9.90. The van der Waals surface area contributed by atoms with E-state index in [1.54, 1.807) is 7.11 Å². The maximum atomic E-state index is 14.8. The average Bonchev–Trinajstić information content (AvgIpc) is 3.52. The Morgan fingerprint density at radius 2 is 1.88 bits per heavy atom. The van der Waals surface area contributed by atoms with Crippen LogP contribution in [0, 0.1) is 5.41 Å². The zero-order valence-electron chi connectivity index (χ0n) is 24.5. The Morgan fingerprint density at radius 1 is 1.07 bits per heavy atom. The number of benzene rings is 2. The number of primary amides is 1. The van der Waals surface area contributed by atoms with E-state index in [1.165, 1.54) is 59.9 Å². The molecule has 7 heteroatoms. The first-order chi connectivity index (χ1) is 19.9. The van der Waals surface area contributed by atoms with Crippen LogP contribution in [0.5, 0.6) is 5.75 Å². The molecule has 3 aromatic rings. The Balaban J connectivity index is 1.47. The molecule has 3 fully saturated rings. The van der Waals surface area contributed by atoms with E-state index in [2.05, 4.69) is 46.0 Å². The van der Waals surface area contributed by atoms with E-state index < -0.39 is 11.3 Å². The van der Waals surface area contributed by atoms with E-state index in [0.29, 0.717) is 18.0 Å². The number of hydrogen-bond donors (Lipinski definition) is 2. The van der Waals surface area contributed by atoms with Gasteiger partial charge in [-0.15, -0.1) is 0 Å². The molecule has 1 aromatic heterocycles. The number of amides is 2. The van der Waals surface area contributed by atoms with Crippen molar-refractivity contribution in [2.24, 2.45) is 11.1 Å². The van der Waals surface area contributed by atoms with Gasteiger partial charge in [0, 0.05) is 53.1 Å². The number of carbonyl (C=O) groups is 2. The first-order valence-corrected chi connectivity index (χ1v) is 15.5. The number of likely N-dealkylation sites (N-methyl/N-ethyl adjacent to an activating group) is 1. The standard InChI is InChI=1S/C34H42N4O3/c1-20-9-11-23(18-36-2)38(20)33(40)34-17-28(34)27-16-24(41-3)12-14-25(27)31-30(21-7-5-4-6-8-21)26-13-10-22(32(35)39)15-29(26)37(31)19-34/h10,12-16,20-21,23,28,36H,4-9,11,17-19H2,1-3H3,(H2,35,39). The van der Waals surface area contributed by atoms with Gasteiger partial charge in [0.05, 0.1) is 18.2 Å². The van der Waals surface area contributed by atoms with Gasteiger partial charge < -0.3 is 25.3 Å². The number of fused-ring (bicyclic) bond motifs is 7. The Hall–Kier alpha value is -3.32. The lowest BCUT2D eigenvalue weighted by atomic mass is 9.81. The molecule has 2 aliphatic carbocycles. The lowest BCUT2D eigenvalue weighted by molar-refractivity contribution is -0.140. The van der Waals surface area contributed by atoms with Gasteiger partial charge in [0.25, 0.3) is 0 Å². The van der Waals surface area contributed by atoms with Crippen LogP contribution in [0.4, 0.5) is 0 Å². The quantitative estimate of drug-likeness (QED) is 0.418. The van der Waals surface area contributed by atoms with Crippen LogP contribution < -0.4 is 15.8 Å². The van der Waals surface area contributed by atoms with Crippen molar-refractivity contribution < 1.29 is 14.3 Å². The second-order valence-electron chi connectivity index (χ2n) is 13.0. The van der Waals surface area contributed by atoms with E-state index >= 15 is 0 Å². The lowest BCUT2D eigenvalue weighted by Crippen LogP contribution is -2.48. The van der Waals surface area contributed by atoms with Crippen molar-refractivity contribution in [2.45, 2.75) is 88.8 Å². The summed E-state index contributed by atoms with van der Waals surface area (Å²) in [4.78, 5) is 29.3. The Kier molecular flexibility index (Phi) is 6.42. The van der Waals surface area contributed by atoms with Crippen molar-refractivity contribution in [1.82, 2.24) is 14.8 Å². The molecule has 2 aliphatic heterocycles. The molecule has 4 aliphatic rings. The van der Waals surface area contributed by atoms with Crippen LogP contribution in [0.15, 0.2) is 36.4 Å². The number of nitrogens with one attached hydrogen (secondary N) is 1. The fraction of sp³-hybridized carbons (Fsp3) is 0.529. The van der Waals surface area contributed by atoms with Crippen LogP contribution in [0.3, 0.4) is 0 Å². The number of carbonyl (C=O) groups excluding carboxylic acids is 2. The van der Waals surface area contributed by atoms with Crippen LogP contribution in [0.25, 0.3) is 22.2 Å². The number of aromatic nitrogens is 1. The number of methoxy groups -OCH3 is 1. The summed E-state index contributed by atoms with van der Waals surface area (Å²) in [6.45, 7) is 3.63. The van der Waals surface area contributed by atoms with Crippen molar-refractivity contribution in [2.75, 3.05) is 20.7 Å². The molecule has 2 aromatic carbocycles. The van der Waals surface area contributed by atoms with Crippen molar-refractivity contribution in [3.63, 3.8) is 0 Å². The highest BCUT2D eigenvalue weighted by atomic mass is 16.5. The van der Waals surface area contributed by atoms with Gasteiger partial charge in [-0.05, 0) is 93.5 Å². The van der Waals surface area contributed by atoms with Gasteiger partial charge >= 0.3 is 0 Å². The molecule has 0 spiro atoms. The molecule has 4 unspecified atom stereocenters.